The lowest BCUT2D eigenvalue weighted by molar-refractivity contribution is 0.0535. The third-order valence-corrected chi connectivity index (χ3v) is 4.85. The zero-order valence-electron chi connectivity index (χ0n) is 13.9. The molecule has 2 aliphatic rings. The average Bonchev–Trinajstić information content (AvgIpc) is 3.14. The molecule has 0 radical (unpaired) electrons. The number of fused-ring (bicyclic) bond motifs is 1. The van der Waals surface area contributed by atoms with E-state index in [1.807, 2.05) is 19.1 Å². The van der Waals surface area contributed by atoms with Gasteiger partial charge < -0.3 is 14.9 Å². The van der Waals surface area contributed by atoms with E-state index in [4.69, 9.17) is 14.9 Å². The fourth-order valence-electron chi connectivity index (χ4n) is 3.65. The van der Waals surface area contributed by atoms with Crippen molar-refractivity contribution in [3.8, 4) is 0 Å². The summed E-state index contributed by atoms with van der Waals surface area (Å²) in [5.41, 5.74) is 9.92. The highest BCUT2D eigenvalue weighted by molar-refractivity contribution is 5.93. The molecule has 0 amide bonds. The van der Waals surface area contributed by atoms with Gasteiger partial charge in [0.25, 0.3) is 0 Å². The molecule has 3 heterocycles. The first-order valence-corrected chi connectivity index (χ1v) is 8.22. The van der Waals surface area contributed by atoms with Crippen molar-refractivity contribution in [2.24, 2.45) is 5.73 Å². The molecular weight excluding hydrogens is 324 g/mol. The largest absolute Gasteiger partial charge is 0.457 e. The Morgan fingerprint density at radius 1 is 1.32 bits per heavy atom. The number of ether oxygens (including phenoxy) is 1. The van der Waals surface area contributed by atoms with Crippen LogP contribution in [0.2, 0.25) is 0 Å². The Kier molecular flexibility index (Phi) is 3.95. The number of hydrogen-bond acceptors (Lipinski definition) is 7. The molecule has 1 aromatic carbocycles. The maximum atomic E-state index is 11.7. The van der Waals surface area contributed by atoms with E-state index in [1.165, 1.54) is 0 Å². The van der Waals surface area contributed by atoms with Gasteiger partial charge in [-0.2, -0.15) is 0 Å². The minimum atomic E-state index is -0.454. The van der Waals surface area contributed by atoms with Crippen molar-refractivity contribution in [2.75, 3.05) is 13.1 Å². The van der Waals surface area contributed by atoms with Crippen LogP contribution in [0.25, 0.3) is 0 Å². The summed E-state index contributed by atoms with van der Waals surface area (Å²) in [6.07, 6.45) is 1.38. The second-order valence-corrected chi connectivity index (χ2v) is 6.55. The van der Waals surface area contributed by atoms with Crippen LogP contribution >= 0.6 is 0 Å². The summed E-state index contributed by atoms with van der Waals surface area (Å²) in [6, 6.07) is 3.81. The fraction of sp³-hybridized carbons (Fsp3) is 0.412. The molecule has 132 valence electrons. The smallest absolute Gasteiger partial charge is 0.416 e. The maximum Gasteiger partial charge on any atom is 0.416 e. The average molecular weight is 344 g/mol. The van der Waals surface area contributed by atoms with Crippen molar-refractivity contribution >= 4 is 5.97 Å². The number of aromatic amines is 1. The third-order valence-electron chi connectivity index (χ3n) is 4.85. The molecule has 4 rings (SSSR count). The highest BCUT2D eigenvalue weighted by Gasteiger charge is 2.30. The van der Waals surface area contributed by atoms with Gasteiger partial charge in [-0.3, -0.25) is 15.2 Å². The number of rotatable bonds is 3. The number of piperazine rings is 1. The lowest BCUT2D eigenvalue weighted by Gasteiger charge is -2.37. The summed E-state index contributed by atoms with van der Waals surface area (Å²) >= 11 is 0. The predicted octanol–water partition coefficient (Wildman–Crippen LogP) is 0.378. The Labute approximate surface area is 143 Å². The Hall–Kier alpha value is -2.42. The lowest BCUT2D eigenvalue weighted by atomic mass is 9.93. The minimum absolute atomic E-state index is 0.0235. The molecule has 4 N–H and O–H groups in total. The SMILES string of the molecule is Cc1c([C@@H]2CN(Cc3c[nH]c(=O)o3)C[C@H](N)N2)ccc2c1COC2=O. The monoisotopic (exact) mass is 344 g/mol. The molecule has 0 aliphatic carbocycles. The summed E-state index contributed by atoms with van der Waals surface area (Å²) in [5, 5.41) is 3.41. The molecular formula is C17H20N4O4. The number of nitrogens with one attached hydrogen (secondary N) is 2. The van der Waals surface area contributed by atoms with Gasteiger partial charge in [0.05, 0.1) is 18.3 Å². The van der Waals surface area contributed by atoms with Crippen LogP contribution < -0.4 is 16.8 Å². The topological polar surface area (TPSA) is 114 Å². The number of hydrogen-bond donors (Lipinski definition) is 3. The molecule has 2 aromatic rings. The quantitative estimate of drug-likeness (QED) is 0.690. The molecule has 1 saturated heterocycles. The van der Waals surface area contributed by atoms with Gasteiger partial charge in [0.2, 0.25) is 0 Å². The molecule has 1 aromatic heterocycles. The van der Waals surface area contributed by atoms with Gasteiger partial charge >= 0.3 is 11.7 Å². The van der Waals surface area contributed by atoms with E-state index in [0.29, 0.717) is 31.0 Å². The number of aromatic nitrogens is 1. The number of carbonyl (C=O) groups excluding carboxylic acids is 1. The van der Waals surface area contributed by atoms with Crippen molar-refractivity contribution in [1.82, 2.24) is 15.2 Å². The van der Waals surface area contributed by atoms with Crippen molar-refractivity contribution in [3.63, 3.8) is 0 Å². The minimum Gasteiger partial charge on any atom is -0.457 e. The second-order valence-electron chi connectivity index (χ2n) is 6.55. The van der Waals surface area contributed by atoms with E-state index in [9.17, 15) is 9.59 Å². The van der Waals surface area contributed by atoms with E-state index >= 15 is 0 Å². The number of benzene rings is 1. The van der Waals surface area contributed by atoms with Gasteiger partial charge in [-0.25, -0.2) is 9.59 Å². The molecule has 0 unspecified atom stereocenters. The first-order valence-electron chi connectivity index (χ1n) is 8.22. The van der Waals surface area contributed by atoms with E-state index in [2.05, 4.69) is 15.2 Å². The summed E-state index contributed by atoms with van der Waals surface area (Å²) in [4.78, 5) is 27.5. The molecule has 0 spiro atoms. The van der Waals surface area contributed by atoms with Crippen LogP contribution in [0, 0.1) is 6.92 Å². The number of esters is 1. The highest BCUT2D eigenvalue weighted by Crippen LogP contribution is 2.30. The van der Waals surface area contributed by atoms with E-state index in [-0.39, 0.29) is 18.2 Å². The van der Waals surface area contributed by atoms with Crippen molar-refractivity contribution < 1.29 is 13.9 Å². The summed E-state index contributed by atoms with van der Waals surface area (Å²) in [7, 11) is 0. The zero-order valence-corrected chi connectivity index (χ0v) is 13.9. The molecule has 0 bridgehead atoms. The lowest BCUT2D eigenvalue weighted by Crippen LogP contribution is -2.56. The molecule has 2 aliphatic heterocycles. The fourth-order valence-corrected chi connectivity index (χ4v) is 3.65. The van der Waals surface area contributed by atoms with Gasteiger partial charge in [-0.1, -0.05) is 6.07 Å². The summed E-state index contributed by atoms with van der Waals surface area (Å²) in [5.74, 6) is -0.130. The summed E-state index contributed by atoms with van der Waals surface area (Å²) in [6.45, 7) is 4.21. The van der Waals surface area contributed by atoms with Crippen LogP contribution in [0.5, 0.6) is 0 Å². The van der Waals surface area contributed by atoms with E-state index in [0.717, 1.165) is 23.2 Å². The Morgan fingerprint density at radius 2 is 2.16 bits per heavy atom. The standard InChI is InChI=1S/C17H20N4O4/c1-9-11(2-3-12-13(9)8-24-16(12)22)14-6-21(7-15(18)20-14)5-10-4-19-17(23)25-10/h2-4,14-15,20H,5-8,18H2,1H3,(H,19,23)/t14-,15+/m0/s1. The van der Waals surface area contributed by atoms with Crippen molar-refractivity contribution in [1.29, 1.82) is 0 Å². The molecule has 2 atom stereocenters. The van der Waals surface area contributed by atoms with Crippen LogP contribution in [0.4, 0.5) is 0 Å². The molecule has 8 heteroatoms. The number of cyclic esters (lactones) is 1. The van der Waals surface area contributed by atoms with Crippen LogP contribution in [-0.2, 0) is 17.9 Å². The van der Waals surface area contributed by atoms with Gasteiger partial charge in [0, 0.05) is 30.9 Å². The number of nitrogens with two attached hydrogens (primary N) is 1. The van der Waals surface area contributed by atoms with Gasteiger partial charge in [0.15, 0.2) is 0 Å². The van der Waals surface area contributed by atoms with Gasteiger partial charge in [0.1, 0.15) is 12.4 Å². The predicted molar refractivity (Wildman–Crippen MR) is 88.8 cm³/mol. The van der Waals surface area contributed by atoms with Crippen LogP contribution in [0.3, 0.4) is 0 Å². The molecule has 1 fully saturated rings. The van der Waals surface area contributed by atoms with E-state index in [1.54, 1.807) is 6.20 Å². The zero-order chi connectivity index (χ0) is 17.6. The first kappa shape index (κ1) is 16.1. The Morgan fingerprint density at radius 3 is 2.92 bits per heavy atom. The first-order chi connectivity index (χ1) is 12.0. The number of H-pyrrole nitrogens is 1. The van der Waals surface area contributed by atoms with Crippen LogP contribution in [-0.4, -0.2) is 35.1 Å². The second kappa shape index (κ2) is 6.14. The highest BCUT2D eigenvalue weighted by atomic mass is 16.5. The van der Waals surface area contributed by atoms with Crippen molar-refractivity contribution in [3.05, 3.63) is 56.9 Å². The van der Waals surface area contributed by atoms with Gasteiger partial charge in [-0.05, 0) is 24.1 Å². The maximum absolute atomic E-state index is 11.7. The van der Waals surface area contributed by atoms with E-state index < -0.39 is 5.76 Å². The Balaban J connectivity index is 1.58. The molecule has 0 saturated carbocycles. The Bertz CT molecular complexity index is 872. The van der Waals surface area contributed by atoms with Gasteiger partial charge in [-0.15, -0.1) is 0 Å². The number of nitrogens with zero attached hydrogens (tertiary/aromatic N) is 1. The van der Waals surface area contributed by atoms with Crippen LogP contribution in [0.1, 0.15) is 38.9 Å². The molecule has 25 heavy (non-hydrogen) atoms. The van der Waals surface area contributed by atoms with Crippen molar-refractivity contribution in [2.45, 2.75) is 32.3 Å². The molecule has 8 nitrogen and oxygen atoms in total. The third kappa shape index (κ3) is 2.99. The summed E-state index contributed by atoms with van der Waals surface area (Å²) < 4.78 is 10.2. The number of carbonyl (C=O) groups is 1. The van der Waals surface area contributed by atoms with Crippen LogP contribution in [0.15, 0.2) is 27.5 Å². The number of oxazole rings is 1. The normalized spacial score (nSPS) is 23.5.